The summed E-state index contributed by atoms with van der Waals surface area (Å²) in [5, 5.41) is 0. The first-order valence-corrected chi connectivity index (χ1v) is 5.11. The van der Waals surface area contributed by atoms with Crippen LogP contribution in [0.2, 0.25) is 0 Å². The van der Waals surface area contributed by atoms with Gasteiger partial charge in [-0.25, -0.2) is 4.79 Å². The summed E-state index contributed by atoms with van der Waals surface area (Å²) in [5.74, 6) is 0.0844. The SMILES string of the molecule is COc1cc(Br)cc(C)c1C(=O)OP. The van der Waals surface area contributed by atoms with Gasteiger partial charge in [-0.3, -0.25) is 0 Å². The van der Waals surface area contributed by atoms with E-state index in [0.717, 1.165) is 10.0 Å². The maximum absolute atomic E-state index is 11.4. The van der Waals surface area contributed by atoms with Gasteiger partial charge in [0.1, 0.15) is 11.3 Å². The zero-order valence-corrected chi connectivity index (χ0v) is 10.6. The number of hydrogen-bond acceptors (Lipinski definition) is 3. The number of ether oxygens (including phenoxy) is 1. The van der Waals surface area contributed by atoms with Crippen molar-refractivity contribution >= 4 is 31.4 Å². The molecule has 0 aromatic heterocycles. The Balaban J connectivity index is 3.32. The Morgan fingerprint density at radius 2 is 2.14 bits per heavy atom. The Labute approximate surface area is 93.2 Å². The second-order valence-corrected chi connectivity index (χ2v) is 3.86. The van der Waals surface area contributed by atoms with Crippen LogP contribution in [0.15, 0.2) is 16.6 Å². The van der Waals surface area contributed by atoms with E-state index in [1.54, 1.807) is 6.07 Å². The van der Waals surface area contributed by atoms with Crippen molar-refractivity contribution in [3.63, 3.8) is 0 Å². The number of hydrogen-bond donors (Lipinski definition) is 0. The quantitative estimate of drug-likeness (QED) is 0.780. The van der Waals surface area contributed by atoms with Gasteiger partial charge < -0.3 is 9.26 Å². The lowest BCUT2D eigenvalue weighted by molar-refractivity contribution is 0.0761. The summed E-state index contributed by atoms with van der Waals surface area (Å²) in [4.78, 5) is 11.4. The Hall–Kier alpha value is -0.600. The van der Waals surface area contributed by atoms with E-state index in [4.69, 9.17) is 4.74 Å². The van der Waals surface area contributed by atoms with E-state index >= 15 is 0 Å². The van der Waals surface area contributed by atoms with Gasteiger partial charge in [0.15, 0.2) is 0 Å². The van der Waals surface area contributed by atoms with Crippen molar-refractivity contribution in [2.75, 3.05) is 7.11 Å². The molecule has 1 aromatic rings. The van der Waals surface area contributed by atoms with E-state index in [1.165, 1.54) is 7.11 Å². The summed E-state index contributed by atoms with van der Waals surface area (Å²) >= 11 is 3.32. The van der Waals surface area contributed by atoms with Crippen LogP contribution in [0.1, 0.15) is 15.9 Å². The van der Waals surface area contributed by atoms with Crippen LogP contribution in [-0.2, 0) is 4.52 Å². The fourth-order valence-corrected chi connectivity index (χ4v) is 1.86. The number of carbonyl (C=O) groups excluding carboxylic acids is 1. The molecule has 0 aliphatic carbocycles. The van der Waals surface area contributed by atoms with Gasteiger partial charge in [0.25, 0.3) is 0 Å². The Morgan fingerprint density at radius 1 is 1.50 bits per heavy atom. The maximum Gasteiger partial charge on any atom is 0.344 e. The molecular formula is C9H10BrO3P. The second kappa shape index (κ2) is 4.76. The third-order valence-electron chi connectivity index (χ3n) is 1.80. The minimum Gasteiger partial charge on any atom is -0.496 e. The van der Waals surface area contributed by atoms with Crippen molar-refractivity contribution in [3.8, 4) is 5.75 Å². The van der Waals surface area contributed by atoms with E-state index in [9.17, 15) is 4.79 Å². The molecule has 3 nitrogen and oxygen atoms in total. The number of rotatable bonds is 2. The first-order valence-electron chi connectivity index (χ1n) is 3.85. The molecular weight excluding hydrogens is 267 g/mol. The molecule has 0 spiro atoms. The van der Waals surface area contributed by atoms with E-state index in [1.807, 2.05) is 22.5 Å². The summed E-state index contributed by atoms with van der Waals surface area (Å²) in [6.07, 6.45) is 0. The minimum atomic E-state index is -0.420. The standard InChI is InChI=1S/C9H10BrO3P/c1-5-3-6(10)4-7(12-2)8(5)9(11)13-14/h3-4H,14H2,1-2H3. The van der Waals surface area contributed by atoms with Crippen LogP contribution in [0.5, 0.6) is 5.75 Å². The molecule has 1 aromatic carbocycles. The molecule has 0 heterocycles. The number of halogens is 1. The summed E-state index contributed by atoms with van der Waals surface area (Å²) in [5.41, 5.74) is 1.26. The molecule has 0 N–H and O–H groups in total. The minimum absolute atomic E-state index is 0.420. The summed E-state index contributed by atoms with van der Waals surface area (Å²) in [6, 6.07) is 3.56. The highest BCUT2D eigenvalue weighted by Crippen LogP contribution is 2.28. The van der Waals surface area contributed by atoms with Gasteiger partial charge in [-0.05, 0) is 24.6 Å². The molecule has 0 saturated heterocycles. The fraction of sp³-hybridized carbons (Fsp3) is 0.222. The predicted molar refractivity (Wildman–Crippen MR) is 60.6 cm³/mol. The second-order valence-electron chi connectivity index (χ2n) is 2.71. The monoisotopic (exact) mass is 276 g/mol. The fourth-order valence-electron chi connectivity index (χ4n) is 1.19. The van der Waals surface area contributed by atoms with Gasteiger partial charge in [0, 0.05) is 4.47 Å². The van der Waals surface area contributed by atoms with Crippen LogP contribution in [-0.4, -0.2) is 13.1 Å². The lowest BCUT2D eigenvalue weighted by Gasteiger charge is -2.09. The topological polar surface area (TPSA) is 35.5 Å². The lowest BCUT2D eigenvalue weighted by Crippen LogP contribution is -2.04. The smallest absolute Gasteiger partial charge is 0.344 e. The number of carbonyl (C=O) groups is 1. The number of aryl methyl sites for hydroxylation is 1. The Morgan fingerprint density at radius 3 is 2.64 bits per heavy atom. The molecule has 1 atom stereocenters. The first kappa shape index (κ1) is 11.5. The molecule has 0 amide bonds. The van der Waals surface area contributed by atoms with Gasteiger partial charge in [0.05, 0.1) is 16.6 Å². The van der Waals surface area contributed by atoms with Crippen LogP contribution in [0.25, 0.3) is 0 Å². The van der Waals surface area contributed by atoms with Crippen LogP contribution < -0.4 is 4.74 Å². The van der Waals surface area contributed by atoms with Crippen LogP contribution in [0.3, 0.4) is 0 Å². The zero-order valence-electron chi connectivity index (χ0n) is 7.83. The third-order valence-corrected chi connectivity index (χ3v) is 2.47. The van der Waals surface area contributed by atoms with Crippen molar-refractivity contribution in [3.05, 3.63) is 27.7 Å². The third kappa shape index (κ3) is 2.25. The average Bonchev–Trinajstić information content (AvgIpc) is 2.15. The van der Waals surface area contributed by atoms with Gasteiger partial charge in [-0.1, -0.05) is 15.9 Å². The van der Waals surface area contributed by atoms with Gasteiger partial charge in [-0.2, -0.15) is 0 Å². The molecule has 14 heavy (non-hydrogen) atoms. The molecule has 1 rings (SSSR count). The number of benzene rings is 1. The summed E-state index contributed by atoms with van der Waals surface area (Å²) in [6.45, 7) is 1.82. The van der Waals surface area contributed by atoms with E-state index < -0.39 is 5.97 Å². The van der Waals surface area contributed by atoms with Crippen LogP contribution >= 0.6 is 25.4 Å². The molecule has 76 valence electrons. The first-order chi connectivity index (χ1) is 6.60. The average molecular weight is 277 g/mol. The van der Waals surface area contributed by atoms with Crippen LogP contribution in [0.4, 0.5) is 0 Å². The van der Waals surface area contributed by atoms with Crippen molar-refractivity contribution in [1.29, 1.82) is 0 Å². The molecule has 1 unspecified atom stereocenters. The van der Waals surface area contributed by atoms with Crippen molar-refractivity contribution < 1.29 is 14.1 Å². The molecule has 5 heteroatoms. The predicted octanol–water partition coefficient (Wildman–Crippen LogP) is 2.71. The van der Waals surface area contributed by atoms with E-state index in [0.29, 0.717) is 11.3 Å². The van der Waals surface area contributed by atoms with Crippen molar-refractivity contribution in [2.24, 2.45) is 0 Å². The van der Waals surface area contributed by atoms with Gasteiger partial charge >= 0.3 is 5.97 Å². The van der Waals surface area contributed by atoms with E-state index in [2.05, 4.69) is 20.5 Å². The van der Waals surface area contributed by atoms with Crippen molar-refractivity contribution in [1.82, 2.24) is 0 Å². The molecule has 0 saturated carbocycles. The largest absolute Gasteiger partial charge is 0.496 e. The van der Waals surface area contributed by atoms with Gasteiger partial charge in [-0.15, -0.1) is 0 Å². The molecule has 0 radical (unpaired) electrons. The zero-order chi connectivity index (χ0) is 10.7. The normalized spacial score (nSPS) is 9.71. The van der Waals surface area contributed by atoms with E-state index in [-0.39, 0.29) is 0 Å². The summed E-state index contributed by atoms with van der Waals surface area (Å²) in [7, 11) is 3.44. The van der Waals surface area contributed by atoms with Crippen molar-refractivity contribution in [2.45, 2.75) is 6.92 Å². The van der Waals surface area contributed by atoms with Crippen LogP contribution in [0, 0.1) is 6.92 Å². The highest BCUT2D eigenvalue weighted by Gasteiger charge is 2.16. The molecule has 0 aliphatic rings. The Bertz CT molecular complexity index is 365. The highest BCUT2D eigenvalue weighted by atomic mass is 79.9. The van der Waals surface area contributed by atoms with Gasteiger partial charge in [0.2, 0.25) is 0 Å². The molecule has 0 bridgehead atoms. The molecule has 0 aliphatic heterocycles. The highest BCUT2D eigenvalue weighted by molar-refractivity contribution is 9.10. The maximum atomic E-state index is 11.4. The summed E-state index contributed by atoms with van der Waals surface area (Å²) < 4.78 is 10.5. The molecule has 0 fully saturated rings. The lowest BCUT2D eigenvalue weighted by atomic mass is 10.1. The number of methoxy groups -OCH3 is 1. The Kier molecular flexibility index (Phi) is 3.90.